The van der Waals surface area contributed by atoms with Gasteiger partial charge in [-0.3, -0.25) is 9.69 Å². The van der Waals surface area contributed by atoms with Crippen molar-refractivity contribution in [2.24, 2.45) is 0 Å². The molecule has 1 fully saturated rings. The molecule has 0 unspecified atom stereocenters. The van der Waals surface area contributed by atoms with E-state index < -0.39 is 0 Å². The summed E-state index contributed by atoms with van der Waals surface area (Å²) in [5.41, 5.74) is 6.04. The Balaban J connectivity index is 1.46. The molecule has 3 aromatic rings. The van der Waals surface area contributed by atoms with Crippen LogP contribution in [0.1, 0.15) is 40.8 Å². The van der Waals surface area contributed by atoms with Gasteiger partial charge in [-0.1, -0.05) is 77.9 Å². The van der Waals surface area contributed by atoms with Crippen LogP contribution in [0.2, 0.25) is 0 Å². The Labute approximate surface area is 203 Å². The molecule has 4 rings (SSSR count). The molecule has 1 heterocycles. The second kappa shape index (κ2) is 11.2. The number of hydrogen-bond acceptors (Lipinski definition) is 3. The topological polar surface area (TPSA) is 32.8 Å². The van der Waals surface area contributed by atoms with Gasteiger partial charge < -0.3 is 9.64 Å². The van der Waals surface area contributed by atoms with Gasteiger partial charge in [0.05, 0.1) is 12.6 Å². The number of aryl methyl sites for hydroxylation is 2. The number of nitrogens with zero attached hydrogens (tertiary/aromatic N) is 2. The van der Waals surface area contributed by atoms with E-state index >= 15 is 0 Å². The highest BCUT2D eigenvalue weighted by Crippen LogP contribution is 2.30. The Bertz CT molecular complexity index is 1070. The van der Waals surface area contributed by atoms with Crippen LogP contribution in [0.4, 0.5) is 0 Å². The van der Waals surface area contributed by atoms with Crippen LogP contribution in [0.25, 0.3) is 6.08 Å². The molecule has 1 amide bonds. The molecule has 3 aromatic carbocycles. The van der Waals surface area contributed by atoms with Crippen LogP contribution in [0.15, 0.2) is 78.9 Å². The van der Waals surface area contributed by atoms with E-state index in [1.165, 1.54) is 22.3 Å². The summed E-state index contributed by atoms with van der Waals surface area (Å²) in [7, 11) is 0. The molecule has 0 aliphatic carbocycles. The van der Waals surface area contributed by atoms with Gasteiger partial charge in [0.25, 0.3) is 0 Å². The fourth-order valence-electron chi connectivity index (χ4n) is 4.48. The summed E-state index contributed by atoms with van der Waals surface area (Å²) in [6, 6.07) is 25.7. The molecule has 0 saturated carbocycles. The first kappa shape index (κ1) is 23.8. The third-order valence-corrected chi connectivity index (χ3v) is 6.40. The summed E-state index contributed by atoms with van der Waals surface area (Å²) >= 11 is 0. The number of carbonyl (C=O) groups excluding carboxylic acids is 1. The number of ether oxygens (including phenoxy) is 1. The van der Waals surface area contributed by atoms with Crippen LogP contribution in [0.3, 0.4) is 0 Å². The highest BCUT2D eigenvalue weighted by molar-refractivity contribution is 5.92. The lowest BCUT2D eigenvalue weighted by Crippen LogP contribution is -2.49. The standard InChI is InChI=1S/C30H34N2O2/c1-4-34-28-8-6-5-7-25(28)17-18-29(33)31-19-21-32(22-20-31)30(26-13-9-23(2)10-14-26)27-15-11-24(3)12-16-27/h5-18,30H,4,19-22H2,1-3H3/b18-17+. The minimum atomic E-state index is 0.0492. The quantitative estimate of drug-likeness (QED) is 0.433. The maximum atomic E-state index is 12.9. The fraction of sp³-hybridized carbons (Fsp3) is 0.300. The first-order valence-corrected chi connectivity index (χ1v) is 12.1. The number of amides is 1. The summed E-state index contributed by atoms with van der Waals surface area (Å²) in [6.45, 7) is 9.90. The summed E-state index contributed by atoms with van der Waals surface area (Å²) in [4.78, 5) is 17.3. The average molecular weight is 455 g/mol. The molecule has 0 atom stereocenters. The molecule has 0 spiro atoms. The van der Waals surface area contributed by atoms with Gasteiger partial charge in [0.15, 0.2) is 0 Å². The predicted molar refractivity (Wildman–Crippen MR) is 139 cm³/mol. The number of rotatable bonds is 7. The number of piperazine rings is 1. The molecule has 0 bridgehead atoms. The van der Waals surface area contributed by atoms with E-state index in [4.69, 9.17) is 4.74 Å². The Hall–Kier alpha value is -3.37. The smallest absolute Gasteiger partial charge is 0.246 e. The van der Waals surface area contributed by atoms with Crippen LogP contribution in [0.5, 0.6) is 5.75 Å². The van der Waals surface area contributed by atoms with Crippen molar-refractivity contribution in [2.45, 2.75) is 26.8 Å². The van der Waals surface area contributed by atoms with Crippen molar-refractivity contribution in [3.8, 4) is 5.75 Å². The summed E-state index contributed by atoms with van der Waals surface area (Å²) in [5.74, 6) is 0.853. The highest BCUT2D eigenvalue weighted by atomic mass is 16.5. The molecular formula is C30H34N2O2. The molecule has 4 nitrogen and oxygen atoms in total. The van der Waals surface area contributed by atoms with Gasteiger partial charge in [0.2, 0.25) is 5.91 Å². The molecule has 1 aliphatic heterocycles. The molecular weight excluding hydrogens is 420 g/mol. The zero-order chi connectivity index (χ0) is 23.9. The number of benzene rings is 3. The van der Waals surface area contributed by atoms with E-state index in [0.717, 1.165) is 24.4 Å². The summed E-state index contributed by atoms with van der Waals surface area (Å²) in [6.07, 6.45) is 3.53. The largest absolute Gasteiger partial charge is 0.493 e. The number of carbonyl (C=O) groups is 1. The van der Waals surface area contributed by atoms with E-state index in [0.29, 0.717) is 19.7 Å². The van der Waals surface area contributed by atoms with Crippen molar-refractivity contribution in [1.29, 1.82) is 0 Å². The molecule has 0 N–H and O–H groups in total. The van der Waals surface area contributed by atoms with E-state index in [1.54, 1.807) is 6.08 Å². The van der Waals surface area contributed by atoms with Crippen molar-refractivity contribution in [1.82, 2.24) is 9.80 Å². The van der Waals surface area contributed by atoms with Crippen molar-refractivity contribution in [3.63, 3.8) is 0 Å². The molecule has 1 aliphatic rings. The second-order valence-corrected chi connectivity index (χ2v) is 8.89. The molecule has 0 radical (unpaired) electrons. The van der Waals surface area contributed by atoms with Gasteiger partial charge in [0, 0.05) is 37.8 Å². The number of para-hydroxylation sites is 1. The van der Waals surface area contributed by atoms with Gasteiger partial charge >= 0.3 is 0 Å². The van der Waals surface area contributed by atoms with Crippen LogP contribution in [-0.2, 0) is 4.79 Å². The average Bonchev–Trinajstić information content (AvgIpc) is 2.86. The van der Waals surface area contributed by atoms with Crippen LogP contribution in [-0.4, -0.2) is 48.5 Å². The van der Waals surface area contributed by atoms with Crippen LogP contribution >= 0.6 is 0 Å². The van der Waals surface area contributed by atoms with Crippen molar-refractivity contribution >= 4 is 12.0 Å². The number of hydrogen-bond donors (Lipinski definition) is 0. The molecule has 4 heteroatoms. The van der Waals surface area contributed by atoms with E-state index in [-0.39, 0.29) is 11.9 Å². The van der Waals surface area contributed by atoms with E-state index in [9.17, 15) is 4.79 Å². The summed E-state index contributed by atoms with van der Waals surface area (Å²) in [5, 5.41) is 0. The monoisotopic (exact) mass is 454 g/mol. The third-order valence-electron chi connectivity index (χ3n) is 6.40. The fourth-order valence-corrected chi connectivity index (χ4v) is 4.48. The molecule has 1 saturated heterocycles. The minimum Gasteiger partial charge on any atom is -0.493 e. The van der Waals surface area contributed by atoms with E-state index in [1.807, 2.05) is 42.2 Å². The van der Waals surface area contributed by atoms with Crippen LogP contribution in [0, 0.1) is 13.8 Å². The minimum absolute atomic E-state index is 0.0492. The van der Waals surface area contributed by atoms with Gasteiger partial charge in [-0.25, -0.2) is 0 Å². The zero-order valence-electron chi connectivity index (χ0n) is 20.4. The normalized spacial score (nSPS) is 14.6. The Morgan fingerprint density at radius 2 is 1.41 bits per heavy atom. The van der Waals surface area contributed by atoms with Gasteiger partial charge in [-0.15, -0.1) is 0 Å². The Kier molecular flexibility index (Phi) is 7.81. The van der Waals surface area contributed by atoms with Gasteiger partial charge in [-0.2, -0.15) is 0 Å². The first-order valence-electron chi connectivity index (χ1n) is 12.1. The second-order valence-electron chi connectivity index (χ2n) is 8.89. The first-order chi connectivity index (χ1) is 16.5. The van der Waals surface area contributed by atoms with E-state index in [2.05, 4.69) is 67.3 Å². The van der Waals surface area contributed by atoms with Crippen LogP contribution < -0.4 is 4.74 Å². The molecule has 34 heavy (non-hydrogen) atoms. The molecule has 0 aromatic heterocycles. The van der Waals surface area contributed by atoms with Crippen molar-refractivity contribution < 1.29 is 9.53 Å². The lowest BCUT2D eigenvalue weighted by atomic mass is 9.95. The van der Waals surface area contributed by atoms with Crippen molar-refractivity contribution in [2.75, 3.05) is 32.8 Å². The lowest BCUT2D eigenvalue weighted by Gasteiger charge is -2.39. The molecule has 176 valence electrons. The Morgan fingerprint density at radius 3 is 1.97 bits per heavy atom. The lowest BCUT2D eigenvalue weighted by molar-refractivity contribution is -0.127. The predicted octanol–water partition coefficient (Wildman–Crippen LogP) is 5.65. The Morgan fingerprint density at radius 1 is 0.853 bits per heavy atom. The highest BCUT2D eigenvalue weighted by Gasteiger charge is 2.27. The third kappa shape index (κ3) is 5.75. The maximum Gasteiger partial charge on any atom is 0.246 e. The zero-order valence-corrected chi connectivity index (χ0v) is 20.4. The maximum absolute atomic E-state index is 12.9. The summed E-state index contributed by atoms with van der Waals surface area (Å²) < 4.78 is 5.67. The van der Waals surface area contributed by atoms with Gasteiger partial charge in [0.1, 0.15) is 5.75 Å². The van der Waals surface area contributed by atoms with Gasteiger partial charge in [-0.05, 0) is 44.0 Å². The SMILES string of the molecule is CCOc1ccccc1/C=C/C(=O)N1CCN(C(c2ccc(C)cc2)c2ccc(C)cc2)CC1. The van der Waals surface area contributed by atoms with Crippen molar-refractivity contribution in [3.05, 3.63) is 107 Å².